The Morgan fingerprint density at radius 2 is 1.96 bits per heavy atom. The van der Waals surface area contributed by atoms with Gasteiger partial charge in [0.05, 0.1) is 4.92 Å². The number of nitro benzene ring substituents is 1. The number of rotatable bonds is 6. The molecule has 0 aliphatic carbocycles. The summed E-state index contributed by atoms with van der Waals surface area (Å²) in [7, 11) is 0. The van der Waals surface area contributed by atoms with Crippen LogP contribution in [0.25, 0.3) is 0 Å². The Morgan fingerprint density at radius 3 is 2.57 bits per heavy atom. The fraction of sp³-hybridized carbons (Fsp3) is 0.235. The van der Waals surface area contributed by atoms with Crippen molar-refractivity contribution in [2.24, 2.45) is 0 Å². The van der Waals surface area contributed by atoms with Gasteiger partial charge in [-0.25, -0.2) is 0 Å². The first kappa shape index (κ1) is 16.5. The number of carbonyl (C=O) groups is 1. The second-order valence-electron chi connectivity index (χ2n) is 5.08. The lowest BCUT2D eigenvalue weighted by molar-refractivity contribution is -0.385. The number of carbonyl (C=O) groups excluding carboxylic acids is 1. The third kappa shape index (κ3) is 4.29. The van der Waals surface area contributed by atoms with Crippen LogP contribution in [0.4, 0.5) is 11.4 Å². The van der Waals surface area contributed by atoms with Crippen molar-refractivity contribution < 1.29 is 14.5 Å². The van der Waals surface area contributed by atoms with Crippen molar-refractivity contribution in [1.82, 2.24) is 0 Å². The van der Waals surface area contributed by atoms with Gasteiger partial charge in [0.15, 0.2) is 6.10 Å². The molecule has 1 unspecified atom stereocenters. The van der Waals surface area contributed by atoms with Crippen LogP contribution in [-0.2, 0) is 4.79 Å². The lowest BCUT2D eigenvalue weighted by Gasteiger charge is -2.17. The summed E-state index contributed by atoms with van der Waals surface area (Å²) in [6.45, 7) is 3.49. The number of benzene rings is 2. The molecular formula is C17H18N2O4. The van der Waals surface area contributed by atoms with Crippen LogP contribution in [-0.4, -0.2) is 16.9 Å². The van der Waals surface area contributed by atoms with Crippen molar-refractivity contribution in [2.45, 2.75) is 26.4 Å². The molecule has 0 spiro atoms. The van der Waals surface area contributed by atoms with E-state index in [1.165, 1.54) is 6.07 Å². The van der Waals surface area contributed by atoms with Gasteiger partial charge in [0.1, 0.15) is 5.75 Å². The first-order valence-corrected chi connectivity index (χ1v) is 7.29. The van der Waals surface area contributed by atoms with Gasteiger partial charge < -0.3 is 10.1 Å². The minimum atomic E-state index is -0.669. The smallest absolute Gasteiger partial charge is 0.274 e. The summed E-state index contributed by atoms with van der Waals surface area (Å²) in [6.07, 6.45) is -0.188. The molecule has 6 heteroatoms. The molecule has 1 N–H and O–H groups in total. The van der Waals surface area contributed by atoms with Gasteiger partial charge in [-0.2, -0.15) is 0 Å². The van der Waals surface area contributed by atoms with E-state index in [-0.39, 0.29) is 11.6 Å². The van der Waals surface area contributed by atoms with E-state index in [0.717, 1.165) is 0 Å². The minimum absolute atomic E-state index is 0.0279. The summed E-state index contributed by atoms with van der Waals surface area (Å²) in [6, 6.07) is 13.6. The van der Waals surface area contributed by atoms with E-state index in [1.54, 1.807) is 31.2 Å². The molecular weight excluding hydrogens is 296 g/mol. The third-order valence-corrected chi connectivity index (χ3v) is 3.36. The van der Waals surface area contributed by atoms with E-state index in [0.29, 0.717) is 23.4 Å². The number of aryl methyl sites for hydroxylation is 1. The summed E-state index contributed by atoms with van der Waals surface area (Å²) in [5.74, 6) is 0.263. The highest BCUT2D eigenvalue weighted by Gasteiger charge is 2.20. The average molecular weight is 314 g/mol. The number of para-hydroxylation sites is 1. The Bertz CT molecular complexity index is 701. The fourth-order valence-electron chi connectivity index (χ4n) is 2.09. The van der Waals surface area contributed by atoms with Gasteiger partial charge in [-0.3, -0.25) is 14.9 Å². The highest BCUT2D eigenvalue weighted by Crippen LogP contribution is 2.23. The maximum Gasteiger partial charge on any atom is 0.274 e. The molecule has 0 radical (unpaired) electrons. The SMILES string of the molecule is CCC(Oc1ccccc1)C(=O)Nc1ccc(C)c([N+](=O)[O-])c1. The topological polar surface area (TPSA) is 81.5 Å². The Hall–Kier alpha value is -2.89. The van der Waals surface area contributed by atoms with Gasteiger partial charge in [-0.05, 0) is 31.5 Å². The number of ether oxygens (including phenoxy) is 1. The first-order chi connectivity index (χ1) is 11.0. The number of anilines is 1. The quantitative estimate of drug-likeness (QED) is 0.651. The molecule has 0 fully saturated rings. The molecule has 23 heavy (non-hydrogen) atoms. The fourth-order valence-corrected chi connectivity index (χ4v) is 2.09. The van der Waals surface area contributed by atoms with Crippen molar-refractivity contribution in [2.75, 3.05) is 5.32 Å². The zero-order valence-corrected chi connectivity index (χ0v) is 13.0. The summed E-state index contributed by atoms with van der Waals surface area (Å²) in [4.78, 5) is 22.8. The lowest BCUT2D eigenvalue weighted by Crippen LogP contribution is -2.32. The molecule has 0 saturated carbocycles. The standard InChI is InChI=1S/C17H18N2O4/c1-3-16(23-14-7-5-4-6-8-14)17(20)18-13-10-9-12(2)15(11-13)19(21)22/h4-11,16H,3H2,1-2H3,(H,18,20). The van der Waals surface area contributed by atoms with Gasteiger partial charge in [0, 0.05) is 17.3 Å². The van der Waals surface area contributed by atoms with Gasteiger partial charge in [0.25, 0.3) is 11.6 Å². The summed E-state index contributed by atoms with van der Waals surface area (Å²) in [5, 5.41) is 13.6. The summed E-state index contributed by atoms with van der Waals surface area (Å²) >= 11 is 0. The van der Waals surface area contributed by atoms with E-state index < -0.39 is 11.0 Å². The molecule has 1 atom stereocenters. The van der Waals surface area contributed by atoms with Crippen LogP contribution in [0.3, 0.4) is 0 Å². The van der Waals surface area contributed by atoms with E-state index in [9.17, 15) is 14.9 Å². The van der Waals surface area contributed by atoms with Crippen LogP contribution in [0.5, 0.6) is 5.75 Å². The van der Waals surface area contributed by atoms with Crippen molar-refractivity contribution in [3.05, 3.63) is 64.2 Å². The molecule has 0 saturated heterocycles. The predicted octanol–water partition coefficient (Wildman–Crippen LogP) is 3.70. The Kier molecular flexibility index (Phi) is 5.30. The second-order valence-corrected chi connectivity index (χ2v) is 5.08. The minimum Gasteiger partial charge on any atom is -0.481 e. The first-order valence-electron chi connectivity index (χ1n) is 7.29. The predicted molar refractivity (Wildman–Crippen MR) is 87.6 cm³/mol. The molecule has 0 aromatic heterocycles. The number of amides is 1. The van der Waals surface area contributed by atoms with Crippen LogP contribution in [0, 0.1) is 17.0 Å². The zero-order chi connectivity index (χ0) is 16.8. The van der Waals surface area contributed by atoms with Gasteiger partial charge in [0.2, 0.25) is 0 Å². The number of hydrogen-bond donors (Lipinski definition) is 1. The Balaban J connectivity index is 2.10. The maximum absolute atomic E-state index is 12.3. The highest BCUT2D eigenvalue weighted by atomic mass is 16.6. The van der Waals surface area contributed by atoms with E-state index in [1.807, 2.05) is 25.1 Å². The van der Waals surface area contributed by atoms with Gasteiger partial charge >= 0.3 is 0 Å². The molecule has 0 aliphatic rings. The van der Waals surface area contributed by atoms with E-state index >= 15 is 0 Å². The van der Waals surface area contributed by atoms with Crippen LogP contribution in [0.1, 0.15) is 18.9 Å². The summed E-state index contributed by atoms with van der Waals surface area (Å²) in [5.41, 5.74) is 0.891. The van der Waals surface area contributed by atoms with E-state index in [4.69, 9.17) is 4.74 Å². The molecule has 0 aliphatic heterocycles. The number of nitrogens with zero attached hydrogens (tertiary/aromatic N) is 1. The van der Waals surface area contributed by atoms with Crippen molar-refractivity contribution >= 4 is 17.3 Å². The number of nitrogens with one attached hydrogen (secondary N) is 1. The van der Waals surface area contributed by atoms with Gasteiger partial charge in [-0.1, -0.05) is 31.2 Å². The highest BCUT2D eigenvalue weighted by molar-refractivity contribution is 5.94. The number of hydrogen-bond acceptors (Lipinski definition) is 4. The van der Waals surface area contributed by atoms with E-state index in [2.05, 4.69) is 5.32 Å². The molecule has 2 aromatic rings. The van der Waals surface area contributed by atoms with Crippen LogP contribution < -0.4 is 10.1 Å². The molecule has 2 rings (SSSR count). The molecule has 2 aromatic carbocycles. The second kappa shape index (κ2) is 7.40. The van der Waals surface area contributed by atoms with Crippen LogP contribution >= 0.6 is 0 Å². The Labute approximate surface area is 134 Å². The normalized spacial score (nSPS) is 11.6. The average Bonchev–Trinajstić information content (AvgIpc) is 2.55. The maximum atomic E-state index is 12.3. The molecule has 6 nitrogen and oxygen atoms in total. The molecule has 120 valence electrons. The molecule has 0 heterocycles. The zero-order valence-electron chi connectivity index (χ0n) is 13.0. The lowest BCUT2D eigenvalue weighted by atomic mass is 10.1. The third-order valence-electron chi connectivity index (χ3n) is 3.36. The van der Waals surface area contributed by atoms with Crippen LogP contribution in [0.15, 0.2) is 48.5 Å². The van der Waals surface area contributed by atoms with Crippen molar-refractivity contribution in [3.8, 4) is 5.75 Å². The monoisotopic (exact) mass is 314 g/mol. The molecule has 0 bridgehead atoms. The molecule has 1 amide bonds. The Morgan fingerprint density at radius 1 is 1.26 bits per heavy atom. The van der Waals surface area contributed by atoms with Crippen molar-refractivity contribution in [3.63, 3.8) is 0 Å². The van der Waals surface area contributed by atoms with Crippen molar-refractivity contribution in [1.29, 1.82) is 0 Å². The largest absolute Gasteiger partial charge is 0.481 e. The number of nitro groups is 1. The van der Waals surface area contributed by atoms with Crippen LogP contribution in [0.2, 0.25) is 0 Å². The summed E-state index contributed by atoms with van der Waals surface area (Å²) < 4.78 is 5.65. The van der Waals surface area contributed by atoms with Gasteiger partial charge in [-0.15, -0.1) is 0 Å².